The first-order chi connectivity index (χ1) is 7.33. The Hall–Kier alpha value is -1.48. The highest BCUT2D eigenvalue weighted by atomic mass is 32.1. The standard InChI is InChI=1S/C9H10N4OS/c10-4-1-5-13(7-2-3-7)9(14)8-6-15-12-11-8/h6-7H,1-3,5H2. The van der Waals surface area contributed by atoms with Gasteiger partial charge >= 0.3 is 0 Å². The van der Waals surface area contributed by atoms with Crippen LogP contribution in [0, 0.1) is 11.3 Å². The zero-order valence-corrected chi connectivity index (χ0v) is 8.90. The van der Waals surface area contributed by atoms with Crippen LogP contribution in [0.5, 0.6) is 0 Å². The summed E-state index contributed by atoms with van der Waals surface area (Å²) in [6.45, 7) is 0.498. The third-order valence-electron chi connectivity index (χ3n) is 2.29. The first-order valence-corrected chi connectivity index (χ1v) is 5.61. The molecule has 0 unspecified atom stereocenters. The lowest BCUT2D eigenvalue weighted by Crippen LogP contribution is -2.34. The predicted molar refractivity (Wildman–Crippen MR) is 54.2 cm³/mol. The Morgan fingerprint density at radius 1 is 1.73 bits per heavy atom. The third kappa shape index (κ3) is 2.30. The van der Waals surface area contributed by atoms with E-state index in [1.165, 1.54) is 11.5 Å². The molecule has 0 N–H and O–H groups in total. The van der Waals surface area contributed by atoms with Gasteiger partial charge in [0, 0.05) is 18.0 Å². The zero-order chi connectivity index (χ0) is 10.7. The Bertz CT molecular complexity index is 379. The van der Waals surface area contributed by atoms with Gasteiger partial charge < -0.3 is 4.90 Å². The van der Waals surface area contributed by atoms with E-state index in [4.69, 9.17) is 5.26 Å². The highest BCUT2D eigenvalue weighted by molar-refractivity contribution is 7.03. The second kappa shape index (κ2) is 4.36. The van der Waals surface area contributed by atoms with Crippen LogP contribution < -0.4 is 0 Å². The molecule has 78 valence electrons. The molecule has 5 nitrogen and oxygen atoms in total. The lowest BCUT2D eigenvalue weighted by molar-refractivity contribution is 0.0741. The number of rotatable bonds is 4. The van der Waals surface area contributed by atoms with Crippen LogP contribution in [0.15, 0.2) is 5.38 Å². The van der Waals surface area contributed by atoms with Crippen molar-refractivity contribution < 1.29 is 4.79 Å². The first-order valence-electron chi connectivity index (χ1n) is 4.78. The van der Waals surface area contributed by atoms with Crippen molar-refractivity contribution in [3.63, 3.8) is 0 Å². The van der Waals surface area contributed by atoms with E-state index >= 15 is 0 Å². The van der Waals surface area contributed by atoms with Crippen LogP contribution in [-0.4, -0.2) is 33.0 Å². The SMILES string of the molecule is N#CCCN(C(=O)c1csnn1)C1CC1. The number of nitriles is 1. The molecule has 0 spiro atoms. The van der Waals surface area contributed by atoms with Gasteiger partial charge in [0.1, 0.15) is 0 Å². The molecule has 0 aromatic carbocycles. The summed E-state index contributed by atoms with van der Waals surface area (Å²) in [5, 5.41) is 13.9. The fourth-order valence-corrected chi connectivity index (χ4v) is 1.84. The van der Waals surface area contributed by atoms with Gasteiger partial charge in [0.25, 0.3) is 5.91 Å². The Kier molecular flexibility index (Phi) is 2.92. The van der Waals surface area contributed by atoms with E-state index in [1.54, 1.807) is 10.3 Å². The van der Waals surface area contributed by atoms with Crippen molar-refractivity contribution in [1.82, 2.24) is 14.5 Å². The molecule has 0 aliphatic heterocycles. The second-order valence-corrected chi connectivity index (χ2v) is 4.04. The minimum atomic E-state index is -0.0958. The van der Waals surface area contributed by atoms with Gasteiger partial charge in [0.05, 0.1) is 12.5 Å². The first kappa shape index (κ1) is 10.1. The number of hydrogen-bond acceptors (Lipinski definition) is 5. The summed E-state index contributed by atoms with van der Waals surface area (Å²) in [4.78, 5) is 13.7. The summed E-state index contributed by atoms with van der Waals surface area (Å²) < 4.78 is 3.66. The maximum Gasteiger partial charge on any atom is 0.275 e. The Morgan fingerprint density at radius 2 is 2.53 bits per heavy atom. The van der Waals surface area contributed by atoms with Crippen LogP contribution in [0.25, 0.3) is 0 Å². The van der Waals surface area contributed by atoms with Gasteiger partial charge in [-0.2, -0.15) is 5.26 Å². The van der Waals surface area contributed by atoms with E-state index in [-0.39, 0.29) is 5.91 Å². The van der Waals surface area contributed by atoms with Crippen LogP contribution in [0.4, 0.5) is 0 Å². The predicted octanol–water partition coefficient (Wildman–Crippen LogP) is 1.06. The summed E-state index contributed by atoms with van der Waals surface area (Å²) in [5.41, 5.74) is 0.393. The van der Waals surface area contributed by atoms with Gasteiger partial charge in [-0.15, -0.1) is 5.10 Å². The highest BCUT2D eigenvalue weighted by Crippen LogP contribution is 2.28. The fraction of sp³-hybridized carbons (Fsp3) is 0.556. The minimum Gasteiger partial charge on any atom is -0.333 e. The van der Waals surface area contributed by atoms with E-state index < -0.39 is 0 Å². The monoisotopic (exact) mass is 222 g/mol. The molecule has 6 heteroatoms. The van der Waals surface area contributed by atoms with Crippen LogP contribution >= 0.6 is 11.5 Å². The molecule has 0 atom stereocenters. The van der Waals surface area contributed by atoms with Crippen LogP contribution in [0.2, 0.25) is 0 Å². The molecule has 15 heavy (non-hydrogen) atoms. The van der Waals surface area contributed by atoms with Gasteiger partial charge in [-0.25, -0.2) is 0 Å². The number of hydrogen-bond donors (Lipinski definition) is 0. The topological polar surface area (TPSA) is 69.9 Å². The number of aromatic nitrogens is 2. The molecular formula is C9H10N4OS. The van der Waals surface area contributed by atoms with E-state index in [0.717, 1.165) is 12.8 Å². The summed E-state index contributed by atoms with van der Waals surface area (Å²) in [6, 6.07) is 2.37. The van der Waals surface area contributed by atoms with Gasteiger partial charge in [0.2, 0.25) is 0 Å². The van der Waals surface area contributed by atoms with Crippen molar-refractivity contribution in [3.8, 4) is 6.07 Å². The van der Waals surface area contributed by atoms with Crippen molar-refractivity contribution in [3.05, 3.63) is 11.1 Å². The normalized spacial score (nSPS) is 14.6. The largest absolute Gasteiger partial charge is 0.333 e. The van der Waals surface area contributed by atoms with Gasteiger partial charge in [0.15, 0.2) is 5.69 Å². The second-order valence-electron chi connectivity index (χ2n) is 3.43. The summed E-state index contributed by atoms with van der Waals surface area (Å²) in [6.07, 6.45) is 2.45. The fourth-order valence-electron chi connectivity index (χ4n) is 1.41. The maximum atomic E-state index is 11.9. The average Bonchev–Trinajstić information content (AvgIpc) is 2.94. The zero-order valence-electron chi connectivity index (χ0n) is 8.09. The van der Waals surface area contributed by atoms with Crippen LogP contribution in [-0.2, 0) is 0 Å². The molecule has 1 fully saturated rings. The quantitative estimate of drug-likeness (QED) is 0.763. The molecule has 1 aromatic heterocycles. The molecule has 1 amide bonds. The number of amides is 1. The molecular weight excluding hydrogens is 212 g/mol. The Labute approximate surface area is 91.5 Å². The summed E-state index contributed by atoms with van der Waals surface area (Å²) in [5.74, 6) is -0.0958. The lowest BCUT2D eigenvalue weighted by Gasteiger charge is -2.19. The Morgan fingerprint density at radius 3 is 3.07 bits per heavy atom. The van der Waals surface area contributed by atoms with Crippen LogP contribution in [0.3, 0.4) is 0 Å². The molecule has 1 saturated carbocycles. The van der Waals surface area contributed by atoms with Crippen molar-refractivity contribution in [1.29, 1.82) is 5.26 Å². The van der Waals surface area contributed by atoms with Gasteiger partial charge in [-0.3, -0.25) is 4.79 Å². The molecule has 2 rings (SSSR count). The van der Waals surface area contributed by atoms with Crippen molar-refractivity contribution in [2.75, 3.05) is 6.54 Å². The minimum absolute atomic E-state index is 0.0958. The van der Waals surface area contributed by atoms with E-state index in [1.807, 2.05) is 0 Å². The molecule has 0 radical (unpaired) electrons. The molecule has 0 saturated heterocycles. The molecule has 1 aromatic rings. The number of carbonyl (C=O) groups is 1. The van der Waals surface area contributed by atoms with E-state index in [2.05, 4.69) is 15.7 Å². The number of carbonyl (C=O) groups excluding carboxylic acids is 1. The Balaban J connectivity index is 2.04. The van der Waals surface area contributed by atoms with Crippen molar-refractivity contribution >= 4 is 17.4 Å². The molecule has 1 aliphatic rings. The van der Waals surface area contributed by atoms with Crippen molar-refractivity contribution in [2.24, 2.45) is 0 Å². The molecule has 0 bridgehead atoms. The number of nitrogens with zero attached hydrogens (tertiary/aromatic N) is 4. The maximum absolute atomic E-state index is 11.9. The van der Waals surface area contributed by atoms with E-state index in [9.17, 15) is 4.79 Å². The smallest absolute Gasteiger partial charge is 0.275 e. The molecule has 1 heterocycles. The summed E-state index contributed by atoms with van der Waals surface area (Å²) >= 11 is 1.17. The third-order valence-corrected chi connectivity index (χ3v) is 2.80. The molecule has 1 aliphatic carbocycles. The highest BCUT2D eigenvalue weighted by Gasteiger charge is 2.33. The van der Waals surface area contributed by atoms with Crippen molar-refractivity contribution in [2.45, 2.75) is 25.3 Å². The lowest BCUT2D eigenvalue weighted by atomic mass is 10.3. The van der Waals surface area contributed by atoms with E-state index in [0.29, 0.717) is 24.7 Å². The van der Waals surface area contributed by atoms with Gasteiger partial charge in [-0.05, 0) is 24.4 Å². The van der Waals surface area contributed by atoms with Gasteiger partial charge in [-0.1, -0.05) is 4.49 Å². The van der Waals surface area contributed by atoms with Crippen LogP contribution in [0.1, 0.15) is 29.8 Å². The average molecular weight is 222 g/mol. The summed E-state index contributed by atoms with van der Waals surface area (Å²) in [7, 11) is 0.